The van der Waals surface area contributed by atoms with E-state index in [1.165, 1.54) is 16.7 Å². The maximum atomic E-state index is 14.1. The minimum Gasteiger partial charge on any atom is -0.381 e. The van der Waals surface area contributed by atoms with E-state index in [2.05, 4.69) is 72.4 Å². The first-order chi connectivity index (χ1) is 16.5. The first-order valence-corrected chi connectivity index (χ1v) is 12.9. The van der Waals surface area contributed by atoms with Gasteiger partial charge in [-0.3, -0.25) is 4.79 Å². The second-order valence-electron chi connectivity index (χ2n) is 10.4. The number of carbonyl (C=O) groups excluding carboxylic acids is 1. The Bertz CT molecular complexity index is 991. The Labute approximate surface area is 203 Å². The van der Waals surface area contributed by atoms with Crippen molar-refractivity contribution >= 4 is 11.7 Å². The summed E-state index contributed by atoms with van der Waals surface area (Å²) in [6.07, 6.45) is 5.80. The molecule has 0 aliphatic carbocycles. The third-order valence-electron chi connectivity index (χ3n) is 8.07. The Balaban J connectivity index is 1.38. The third kappa shape index (κ3) is 4.71. The largest absolute Gasteiger partial charge is 0.381 e. The van der Waals surface area contributed by atoms with Gasteiger partial charge in [-0.1, -0.05) is 30.3 Å². The van der Waals surface area contributed by atoms with Crippen molar-refractivity contribution in [1.82, 2.24) is 14.8 Å². The molecule has 1 amide bonds. The Hall–Kier alpha value is -2.44. The third-order valence-corrected chi connectivity index (χ3v) is 8.07. The van der Waals surface area contributed by atoms with E-state index in [-0.39, 0.29) is 23.9 Å². The SMILES string of the molecule is C[C@H]1Cc2cnc(NC3CCOCC3)cc2[C@H](C)N1C(=O)[C@H]1CCN(C)C[C@@H]1c1ccccc1. The first kappa shape index (κ1) is 23.3. The van der Waals surface area contributed by atoms with E-state index in [4.69, 9.17) is 9.72 Å². The van der Waals surface area contributed by atoms with Gasteiger partial charge in [-0.2, -0.15) is 0 Å². The zero-order valence-electron chi connectivity index (χ0n) is 20.7. The lowest BCUT2D eigenvalue weighted by Crippen LogP contribution is -2.51. The van der Waals surface area contributed by atoms with Crippen molar-refractivity contribution in [2.45, 2.75) is 63.6 Å². The number of fused-ring (bicyclic) bond motifs is 1. The van der Waals surface area contributed by atoms with Crippen LogP contribution in [0.5, 0.6) is 0 Å². The van der Waals surface area contributed by atoms with Crippen LogP contribution in [0.15, 0.2) is 42.6 Å². The topological polar surface area (TPSA) is 57.7 Å². The van der Waals surface area contributed by atoms with E-state index in [0.717, 1.165) is 57.8 Å². The number of nitrogens with one attached hydrogen (secondary N) is 1. The maximum absolute atomic E-state index is 14.1. The van der Waals surface area contributed by atoms with Gasteiger partial charge in [0.25, 0.3) is 0 Å². The van der Waals surface area contributed by atoms with Crippen molar-refractivity contribution in [3.8, 4) is 0 Å². The van der Waals surface area contributed by atoms with Crippen LogP contribution in [0.4, 0.5) is 5.82 Å². The number of nitrogens with zero attached hydrogens (tertiary/aromatic N) is 3. The number of likely N-dealkylation sites (tertiary alicyclic amines) is 1. The average Bonchev–Trinajstić information content (AvgIpc) is 2.85. The number of hydrogen-bond acceptors (Lipinski definition) is 5. The summed E-state index contributed by atoms with van der Waals surface area (Å²) in [5.41, 5.74) is 3.78. The molecule has 3 aliphatic heterocycles. The molecule has 0 saturated carbocycles. The zero-order chi connectivity index (χ0) is 23.7. The highest BCUT2D eigenvalue weighted by atomic mass is 16.5. The highest BCUT2D eigenvalue weighted by Gasteiger charge is 2.41. The molecular formula is C28H38N4O2. The zero-order valence-corrected chi connectivity index (χ0v) is 20.7. The van der Waals surface area contributed by atoms with E-state index in [0.29, 0.717) is 11.9 Å². The van der Waals surface area contributed by atoms with Crippen LogP contribution in [0.25, 0.3) is 0 Å². The summed E-state index contributed by atoms with van der Waals surface area (Å²) in [4.78, 5) is 23.4. The van der Waals surface area contributed by atoms with Crippen LogP contribution in [0.1, 0.15) is 61.8 Å². The summed E-state index contributed by atoms with van der Waals surface area (Å²) in [6.45, 7) is 7.89. The monoisotopic (exact) mass is 462 g/mol. The standard InChI is InChI=1S/C28H38N4O2/c1-19-15-22-17-29-27(30-23-10-13-34-14-11-23)16-25(22)20(2)32(19)28(33)24-9-12-31(3)18-26(24)21-7-5-4-6-8-21/h4-8,16-17,19-20,23-24,26H,9-15,18H2,1-3H3,(H,29,30)/t19-,20-,24-,26+/m0/s1. The van der Waals surface area contributed by atoms with Gasteiger partial charge < -0.3 is 19.9 Å². The number of carbonyl (C=O) groups is 1. The van der Waals surface area contributed by atoms with Crippen molar-refractivity contribution in [1.29, 1.82) is 0 Å². The van der Waals surface area contributed by atoms with Gasteiger partial charge in [0.1, 0.15) is 5.82 Å². The Morgan fingerprint density at radius 2 is 1.88 bits per heavy atom. The number of pyridine rings is 1. The Morgan fingerprint density at radius 3 is 2.65 bits per heavy atom. The summed E-state index contributed by atoms with van der Waals surface area (Å²) in [6, 6.07) is 13.4. The molecule has 2 fully saturated rings. The number of amides is 1. The summed E-state index contributed by atoms with van der Waals surface area (Å²) < 4.78 is 5.49. The van der Waals surface area contributed by atoms with Crippen molar-refractivity contribution < 1.29 is 9.53 Å². The second-order valence-corrected chi connectivity index (χ2v) is 10.4. The van der Waals surface area contributed by atoms with E-state index >= 15 is 0 Å². The number of hydrogen-bond donors (Lipinski definition) is 1. The molecule has 4 heterocycles. The van der Waals surface area contributed by atoms with E-state index in [1.54, 1.807) is 0 Å². The molecule has 0 unspecified atom stereocenters. The van der Waals surface area contributed by atoms with Crippen LogP contribution in [0, 0.1) is 5.92 Å². The van der Waals surface area contributed by atoms with Crippen LogP contribution < -0.4 is 5.32 Å². The lowest BCUT2D eigenvalue weighted by atomic mass is 9.78. The molecular weight excluding hydrogens is 424 g/mol. The highest BCUT2D eigenvalue weighted by molar-refractivity contribution is 5.81. The molecule has 6 nitrogen and oxygen atoms in total. The summed E-state index contributed by atoms with van der Waals surface area (Å²) in [5, 5.41) is 3.60. The number of benzene rings is 1. The molecule has 1 aromatic carbocycles. The molecule has 5 rings (SSSR count). The van der Waals surface area contributed by atoms with Gasteiger partial charge >= 0.3 is 0 Å². The molecule has 1 N–H and O–H groups in total. The van der Waals surface area contributed by atoms with Gasteiger partial charge in [-0.25, -0.2) is 4.98 Å². The lowest BCUT2D eigenvalue weighted by Gasteiger charge is -2.45. The van der Waals surface area contributed by atoms with Crippen molar-refractivity contribution in [2.24, 2.45) is 5.92 Å². The van der Waals surface area contributed by atoms with Crippen molar-refractivity contribution in [3.63, 3.8) is 0 Å². The quantitative estimate of drug-likeness (QED) is 0.737. The van der Waals surface area contributed by atoms with E-state index in [1.807, 2.05) is 6.20 Å². The number of anilines is 1. The predicted octanol–water partition coefficient (Wildman–Crippen LogP) is 4.24. The van der Waals surface area contributed by atoms with Gasteiger partial charge in [-0.15, -0.1) is 0 Å². The molecule has 34 heavy (non-hydrogen) atoms. The maximum Gasteiger partial charge on any atom is 0.227 e. The molecule has 4 atom stereocenters. The second kappa shape index (κ2) is 10.0. The normalized spacial score (nSPS) is 28.4. The van der Waals surface area contributed by atoms with Crippen molar-refractivity contribution in [2.75, 3.05) is 38.7 Å². The minimum atomic E-state index is 0.0201. The lowest BCUT2D eigenvalue weighted by molar-refractivity contribution is -0.143. The number of ether oxygens (including phenoxy) is 1. The van der Waals surface area contributed by atoms with Gasteiger partial charge in [0.2, 0.25) is 5.91 Å². The van der Waals surface area contributed by atoms with Gasteiger partial charge in [0.15, 0.2) is 0 Å². The minimum absolute atomic E-state index is 0.0201. The molecule has 0 bridgehead atoms. The number of rotatable bonds is 4. The number of aromatic nitrogens is 1. The smallest absolute Gasteiger partial charge is 0.227 e. The molecule has 2 saturated heterocycles. The van der Waals surface area contributed by atoms with Crippen LogP contribution in [0.3, 0.4) is 0 Å². The first-order valence-electron chi connectivity index (χ1n) is 12.9. The molecule has 0 radical (unpaired) electrons. The Kier molecular flexibility index (Phi) is 6.89. The van der Waals surface area contributed by atoms with Gasteiger partial charge in [0.05, 0.1) is 6.04 Å². The summed E-state index contributed by atoms with van der Waals surface area (Å²) >= 11 is 0. The molecule has 3 aliphatic rings. The molecule has 0 spiro atoms. The van der Waals surface area contributed by atoms with E-state index < -0.39 is 0 Å². The van der Waals surface area contributed by atoms with Crippen molar-refractivity contribution in [3.05, 3.63) is 59.3 Å². The summed E-state index contributed by atoms with van der Waals surface area (Å²) in [5.74, 6) is 1.48. The summed E-state index contributed by atoms with van der Waals surface area (Å²) in [7, 11) is 2.17. The number of likely N-dealkylation sites (N-methyl/N-ethyl adjacent to an activating group) is 1. The van der Waals surface area contributed by atoms with Gasteiger partial charge in [-0.05, 0) is 75.9 Å². The van der Waals surface area contributed by atoms with Crippen LogP contribution >= 0.6 is 0 Å². The van der Waals surface area contributed by atoms with Gasteiger partial charge in [0, 0.05) is 49.9 Å². The molecule has 6 heteroatoms. The molecule has 2 aromatic rings. The van der Waals surface area contributed by atoms with Crippen LogP contribution in [0.2, 0.25) is 0 Å². The Morgan fingerprint density at radius 1 is 1.12 bits per heavy atom. The fourth-order valence-electron chi connectivity index (χ4n) is 6.18. The predicted molar refractivity (Wildman–Crippen MR) is 135 cm³/mol. The van der Waals surface area contributed by atoms with Crippen LogP contribution in [-0.4, -0.2) is 66.1 Å². The van der Waals surface area contributed by atoms with Crippen LogP contribution in [-0.2, 0) is 16.0 Å². The fraction of sp³-hybridized carbons (Fsp3) is 0.571. The molecule has 1 aromatic heterocycles. The number of piperidine rings is 1. The van der Waals surface area contributed by atoms with E-state index in [9.17, 15) is 4.79 Å². The fourth-order valence-corrected chi connectivity index (χ4v) is 6.18. The molecule has 182 valence electrons. The average molecular weight is 463 g/mol. The highest BCUT2D eigenvalue weighted by Crippen LogP contribution is 2.39.